The Kier molecular flexibility index (Phi) is 19.0. The van der Waals surface area contributed by atoms with Crippen LogP contribution in [0.1, 0.15) is 89.0 Å². The van der Waals surface area contributed by atoms with Crippen LogP contribution < -0.4 is 5.73 Å². The molecule has 0 bridgehead atoms. The van der Waals surface area contributed by atoms with Gasteiger partial charge in [0.2, 0.25) is 0 Å². The molecule has 0 aromatic carbocycles. The molecule has 0 saturated carbocycles. The molecule has 1 aliphatic rings. The smallest absolute Gasteiger partial charge is 0.404 e. The highest BCUT2D eigenvalue weighted by Gasteiger charge is 2.44. The summed E-state index contributed by atoms with van der Waals surface area (Å²) < 4.78 is 27.8. The fourth-order valence-electron chi connectivity index (χ4n) is 6.88. The molecule has 1 rings (SSSR count). The van der Waals surface area contributed by atoms with Gasteiger partial charge in [0, 0.05) is 56.8 Å². The summed E-state index contributed by atoms with van der Waals surface area (Å²) in [5.74, 6) is -4.39. The van der Waals surface area contributed by atoms with E-state index in [1.165, 1.54) is 20.8 Å². The number of rotatable bonds is 19. The lowest BCUT2D eigenvalue weighted by atomic mass is 9.81. The first-order chi connectivity index (χ1) is 23.7. The lowest BCUT2D eigenvalue weighted by molar-refractivity contribution is -0.189. The van der Waals surface area contributed by atoms with Gasteiger partial charge in [0.25, 0.3) is 0 Å². The summed E-state index contributed by atoms with van der Waals surface area (Å²) in [6, 6.07) is 0. The molecule has 1 amide bonds. The zero-order chi connectivity index (χ0) is 39.2. The molecule has 51 heavy (non-hydrogen) atoms. The highest BCUT2D eigenvalue weighted by Crippen LogP contribution is 2.33. The molecule has 13 atom stereocenters. The van der Waals surface area contributed by atoms with E-state index in [2.05, 4.69) is 6.58 Å². The summed E-state index contributed by atoms with van der Waals surface area (Å²) >= 11 is 0. The van der Waals surface area contributed by atoms with Crippen LogP contribution in [0.4, 0.5) is 4.79 Å². The van der Waals surface area contributed by atoms with Crippen molar-refractivity contribution in [2.24, 2.45) is 47.2 Å². The van der Waals surface area contributed by atoms with E-state index in [0.717, 1.165) is 5.57 Å². The molecule has 0 aliphatic carbocycles. The second kappa shape index (κ2) is 21.4. The predicted molar refractivity (Wildman–Crippen MR) is 193 cm³/mol. The number of carbonyl (C=O) groups is 5. The van der Waals surface area contributed by atoms with E-state index >= 15 is 0 Å². The van der Waals surface area contributed by atoms with Crippen LogP contribution >= 0.6 is 0 Å². The van der Waals surface area contributed by atoms with E-state index in [9.17, 15) is 29.1 Å². The molecule has 1 saturated heterocycles. The molecule has 12 heteroatoms. The van der Waals surface area contributed by atoms with E-state index in [4.69, 9.17) is 29.4 Å². The number of amides is 1. The summed E-state index contributed by atoms with van der Waals surface area (Å²) in [6.45, 7) is 22.4. The van der Waals surface area contributed by atoms with Gasteiger partial charge in [-0.2, -0.15) is 0 Å². The van der Waals surface area contributed by atoms with Crippen molar-refractivity contribution < 1.29 is 52.8 Å². The molecular formula is C39H61NO11. The van der Waals surface area contributed by atoms with Crippen molar-refractivity contribution in [2.75, 3.05) is 0 Å². The van der Waals surface area contributed by atoms with Crippen LogP contribution in [0.5, 0.6) is 0 Å². The maximum absolute atomic E-state index is 12.6. The van der Waals surface area contributed by atoms with Gasteiger partial charge in [0.15, 0.2) is 0 Å². The zero-order valence-corrected chi connectivity index (χ0v) is 32.2. The molecule has 1 fully saturated rings. The Morgan fingerprint density at radius 1 is 0.863 bits per heavy atom. The van der Waals surface area contributed by atoms with Crippen LogP contribution in [0.25, 0.3) is 0 Å². The Hall–Kier alpha value is -3.93. The number of esters is 4. The number of aliphatic hydroxyl groups is 1. The van der Waals surface area contributed by atoms with Crippen LogP contribution in [-0.4, -0.2) is 71.7 Å². The van der Waals surface area contributed by atoms with Crippen molar-refractivity contribution in [3.63, 3.8) is 0 Å². The molecular weight excluding hydrogens is 658 g/mol. The number of ether oxygens (including phenoxy) is 5. The van der Waals surface area contributed by atoms with Crippen molar-refractivity contribution >= 4 is 30.0 Å². The number of primary amides is 1. The van der Waals surface area contributed by atoms with Gasteiger partial charge in [-0.3, -0.25) is 19.2 Å². The molecule has 0 spiro atoms. The molecule has 288 valence electrons. The minimum absolute atomic E-state index is 0.152. The zero-order valence-electron chi connectivity index (χ0n) is 32.2. The Morgan fingerprint density at radius 2 is 1.47 bits per heavy atom. The maximum atomic E-state index is 12.6. The quantitative estimate of drug-likeness (QED) is 0.0692. The molecule has 12 nitrogen and oxygen atoms in total. The van der Waals surface area contributed by atoms with Gasteiger partial charge in [-0.25, -0.2) is 4.79 Å². The fourth-order valence-corrected chi connectivity index (χ4v) is 6.88. The first-order valence-electron chi connectivity index (χ1n) is 17.7. The number of nitrogens with two attached hydrogens (primary N) is 1. The van der Waals surface area contributed by atoms with Crippen molar-refractivity contribution in [1.29, 1.82) is 0 Å². The van der Waals surface area contributed by atoms with E-state index in [1.807, 2.05) is 60.6 Å². The second-order valence-electron chi connectivity index (χ2n) is 14.2. The van der Waals surface area contributed by atoms with Gasteiger partial charge in [-0.05, 0) is 32.3 Å². The van der Waals surface area contributed by atoms with Gasteiger partial charge < -0.3 is 34.5 Å². The van der Waals surface area contributed by atoms with Gasteiger partial charge in [-0.1, -0.05) is 84.1 Å². The SMILES string of the molecule is C=C/C=C\[C@H](C)[C@H](OC(N)=O)[C@@H](C)[C@H](OC(C)=O)[C@@H](C)C/C(C)=C\[C@H](C)[C@@H](O)[C@@H](C)/C=C\[C@H](C[C@@H]1OC(=O)[C@H](C)[C@@H](OC(C)=O)[C@H]1C)OC(C)=O. The summed E-state index contributed by atoms with van der Waals surface area (Å²) in [7, 11) is 0. The van der Waals surface area contributed by atoms with Crippen LogP contribution in [0.15, 0.2) is 48.6 Å². The summed E-state index contributed by atoms with van der Waals surface area (Å²) in [4.78, 5) is 60.1. The summed E-state index contributed by atoms with van der Waals surface area (Å²) in [5, 5.41) is 11.3. The molecule has 0 radical (unpaired) electrons. The van der Waals surface area contributed by atoms with E-state index in [1.54, 1.807) is 31.2 Å². The molecule has 0 unspecified atom stereocenters. The predicted octanol–water partition coefficient (Wildman–Crippen LogP) is 6.01. The Balaban J connectivity index is 3.11. The highest BCUT2D eigenvalue weighted by atomic mass is 16.6. The van der Waals surface area contributed by atoms with E-state index in [0.29, 0.717) is 6.42 Å². The number of allylic oxidation sites excluding steroid dienone is 3. The van der Waals surface area contributed by atoms with E-state index < -0.39 is 78.4 Å². The molecule has 1 heterocycles. The van der Waals surface area contributed by atoms with Crippen LogP contribution in [0, 0.1) is 41.4 Å². The first-order valence-corrected chi connectivity index (χ1v) is 17.7. The molecule has 0 aromatic rings. The number of hydrogen-bond acceptors (Lipinski definition) is 11. The second-order valence-corrected chi connectivity index (χ2v) is 14.2. The maximum Gasteiger partial charge on any atom is 0.404 e. The summed E-state index contributed by atoms with van der Waals surface area (Å²) in [5.41, 5.74) is 6.36. The molecule has 0 aromatic heterocycles. The third-order valence-corrected chi connectivity index (χ3v) is 9.44. The average molecular weight is 720 g/mol. The van der Waals surface area contributed by atoms with Crippen LogP contribution in [0.3, 0.4) is 0 Å². The topological polar surface area (TPSA) is 178 Å². The molecule has 3 N–H and O–H groups in total. The lowest BCUT2D eigenvalue weighted by Crippen LogP contribution is -2.49. The lowest BCUT2D eigenvalue weighted by Gasteiger charge is -2.39. The third-order valence-electron chi connectivity index (χ3n) is 9.44. The monoisotopic (exact) mass is 719 g/mol. The average Bonchev–Trinajstić information content (AvgIpc) is 3.02. The first kappa shape index (κ1) is 45.1. The highest BCUT2D eigenvalue weighted by molar-refractivity contribution is 5.75. The van der Waals surface area contributed by atoms with Gasteiger partial charge >= 0.3 is 30.0 Å². The van der Waals surface area contributed by atoms with Gasteiger partial charge in [0.1, 0.15) is 30.5 Å². The standard InChI is InChI=1S/C39H61NO11/c1-13-14-15-23(4)35(51-39(40)46)27(8)36(48-30(11)42)25(6)19-21(2)18-24(5)34(44)22(3)16-17-32(47-29(10)41)20-33-26(7)37(49-31(12)43)28(9)38(45)50-33/h13-18,22-28,32-37,44H,1,19-20H2,2-12H3,(H2,40,46)/b15-14-,17-16-,21-18-/t22-,23-,24-,25-,26-,27+,28+,32+,33-,34-,35-,36+,37-/m0/s1. The van der Waals surface area contributed by atoms with Crippen molar-refractivity contribution in [3.8, 4) is 0 Å². The number of aliphatic hydroxyl groups excluding tert-OH is 1. The third kappa shape index (κ3) is 15.1. The Bertz CT molecular complexity index is 1290. The van der Waals surface area contributed by atoms with Crippen molar-refractivity contribution in [2.45, 2.75) is 126 Å². The normalized spacial score (nSPS) is 24.9. The van der Waals surface area contributed by atoms with Crippen molar-refractivity contribution in [3.05, 3.63) is 48.6 Å². The van der Waals surface area contributed by atoms with Crippen LogP contribution in [-0.2, 0) is 42.9 Å². The van der Waals surface area contributed by atoms with Crippen LogP contribution in [0.2, 0.25) is 0 Å². The number of cyclic esters (lactones) is 1. The number of hydrogen-bond donors (Lipinski definition) is 2. The minimum Gasteiger partial charge on any atom is -0.462 e. The number of carbonyl (C=O) groups excluding carboxylic acids is 5. The molecule has 1 aliphatic heterocycles. The van der Waals surface area contributed by atoms with Gasteiger partial charge in [0.05, 0.1) is 12.0 Å². The summed E-state index contributed by atoms with van der Waals surface area (Å²) in [6.07, 6.45) is 6.23. The Labute approximate surface area is 303 Å². The van der Waals surface area contributed by atoms with Crippen molar-refractivity contribution in [1.82, 2.24) is 0 Å². The minimum atomic E-state index is -0.921. The Morgan fingerprint density at radius 3 is 2.00 bits per heavy atom. The fraction of sp³-hybridized carbons (Fsp3) is 0.667. The van der Waals surface area contributed by atoms with E-state index in [-0.39, 0.29) is 36.0 Å². The largest absolute Gasteiger partial charge is 0.462 e. The van der Waals surface area contributed by atoms with Gasteiger partial charge in [-0.15, -0.1) is 0 Å².